The molecule has 2 aromatic rings. The highest BCUT2D eigenvalue weighted by atomic mass is 32.2. The summed E-state index contributed by atoms with van der Waals surface area (Å²) in [6, 6.07) is 9.83. The lowest BCUT2D eigenvalue weighted by Gasteiger charge is -2.36. The summed E-state index contributed by atoms with van der Waals surface area (Å²) in [6.45, 7) is 6.36. The Kier molecular flexibility index (Phi) is 8.84. The predicted molar refractivity (Wildman–Crippen MR) is 153 cm³/mol. The van der Waals surface area contributed by atoms with Crippen molar-refractivity contribution in [3.8, 4) is 0 Å². The van der Waals surface area contributed by atoms with Crippen LogP contribution in [0.5, 0.6) is 0 Å². The lowest BCUT2D eigenvalue weighted by atomic mass is 9.88. The molecule has 2 saturated heterocycles. The van der Waals surface area contributed by atoms with Gasteiger partial charge in [-0.1, -0.05) is 43.8 Å². The van der Waals surface area contributed by atoms with Crippen LogP contribution in [0.4, 0.5) is 17.3 Å². The number of piperidine rings is 2. The summed E-state index contributed by atoms with van der Waals surface area (Å²) in [6.07, 6.45) is 11.9. The molecule has 3 fully saturated rings. The van der Waals surface area contributed by atoms with E-state index in [1.165, 1.54) is 57.2 Å². The van der Waals surface area contributed by atoms with E-state index in [1.54, 1.807) is 18.1 Å². The van der Waals surface area contributed by atoms with Crippen molar-refractivity contribution in [2.75, 3.05) is 42.1 Å². The third-order valence-electron chi connectivity index (χ3n) is 8.15. The molecule has 37 heavy (non-hydrogen) atoms. The largest absolute Gasteiger partial charge is 0.364 e. The van der Waals surface area contributed by atoms with Crippen molar-refractivity contribution in [3.05, 3.63) is 41.7 Å². The Morgan fingerprint density at radius 3 is 2.51 bits per heavy atom. The first-order valence-electron chi connectivity index (χ1n) is 14.0. The Hall–Kier alpha value is -2.36. The molecule has 0 radical (unpaired) electrons. The number of hydrogen-bond donors (Lipinski definition) is 3. The minimum atomic E-state index is -0.579. The number of benzene rings is 1. The van der Waals surface area contributed by atoms with E-state index in [1.807, 2.05) is 0 Å². The Bertz CT molecular complexity index is 1040. The monoisotopic (exact) mass is 523 g/mol. The molecular formula is C28H41N7OS. The van der Waals surface area contributed by atoms with Gasteiger partial charge in [0.15, 0.2) is 11.5 Å². The Labute approximate surface area is 225 Å². The Morgan fingerprint density at radius 2 is 1.81 bits per heavy atom. The molecule has 1 amide bonds. The van der Waals surface area contributed by atoms with Gasteiger partial charge in [0.2, 0.25) is 0 Å². The maximum atomic E-state index is 12.1. The van der Waals surface area contributed by atoms with E-state index in [9.17, 15) is 4.79 Å². The molecule has 4 N–H and O–H groups in total. The number of nitrogens with two attached hydrogens (primary N) is 1. The van der Waals surface area contributed by atoms with E-state index in [0.717, 1.165) is 49.2 Å². The highest BCUT2D eigenvalue weighted by molar-refractivity contribution is 7.97. The van der Waals surface area contributed by atoms with Crippen LogP contribution >= 0.6 is 11.9 Å². The molecule has 3 aliphatic rings. The smallest absolute Gasteiger partial charge is 0.271 e. The van der Waals surface area contributed by atoms with E-state index in [-0.39, 0.29) is 5.69 Å². The van der Waals surface area contributed by atoms with Crippen molar-refractivity contribution in [2.24, 2.45) is 5.73 Å². The zero-order valence-electron chi connectivity index (χ0n) is 22.0. The topological polar surface area (TPSA) is 99.4 Å². The number of nitrogens with one attached hydrogen (secondary N) is 2. The van der Waals surface area contributed by atoms with Crippen LogP contribution in [0.1, 0.15) is 80.3 Å². The van der Waals surface area contributed by atoms with Crippen LogP contribution in [0, 0.1) is 0 Å². The van der Waals surface area contributed by atoms with Gasteiger partial charge in [-0.25, -0.2) is 9.97 Å². The molecule has 1 unspecified atom stereocenters. The van der Waals surface area contributed by atoms with Crippen molar-refractivity contribution in [2.45, 2.75) is 76.3 Å². The average Bonchev–Trinajstić information content (AvgIpc) is 3.48. The van der Waals surface area contributed by atoms with Gasteiger partial charge in [0.1, 0.15) is 5.82 Å². The van der Waals surface area contributed by atoms with E-state index >= 15 is 0 Å². The van der Waals surface area contributed by atoms with Crippen LogP contribution in [0.15, 0.2) is 30.5 Å². The van der Waals surface area contributed by atoms with Crippen molar-refractivity contribution in [3.63, 3.8) is 0 Å². The van der Waals surface area contributed by atoms with Gasteiger partial charge >= 0.3 is 0 Å². The molecule has 8 nitrogen and oxygen atoms in total. The van der Waals surface area contributed by atoms with Gasteiger partial charge in [0, 0.05) is 36.6 Å². The van der Waals surface area contributed by atoms with Crippen LogP contribution < -0.4 is 20.7 Å². The number of carbonyl (C=O) groups excluding carboxylic acids is 1. The van der Waals surface area contributed by atoms with Gasteiger partial charge in [0.05, 0.1) is 6.20 Å². The number of primary amides is 1. The molecule has 1 atom stereocenters. The van der Waals surface area contributed by atoms with Gasteiger partial charge in [-0.15, -0.1) is 0 Å². The second-order valence-electron chi connectivity index (χ2n) is 10.6. The number of rotatable bonds is 9. The molecule has 1 aliphatic carbocycles. The number of anilines is 3. The minimum Gasteiger partial charge on any atom is -0.364 e. The maximum Gasteiger partial charge on any atom is 0.271 e. The molecular weight excluding hydrogens is 482 g/mol. The summed E-state index contributed by atoms with van der Waals surface area (Å²) >= 11 is 1.75. The molecule has 1 aromatic carbocycles. The van der Waals surface area contributed by atoms with Gasteiger partial charge in [-0.3, -0.25) is 9.52 Å². The van der Waals surface area contributed by atoms with Gasteiger partial charge in [-0.05, 0) is 75.2 Å². The standard InChI is InChI=1S/C28H41N7OS/c1-2-37-33-23-6-5-15-35(19-23)25-18-30-26(27(29)36)28(32-25)31-22-11-9-20(10-12-22)21-13-16-34(17-14-21)24-7-3-4-8-24/h9-12,18,21,23-24,33H,2-8,13-17,19H2,1H3,(H2,29,36)(H,31,32). The Morgan fingerprint density at radius 1 is 1.05 bits per heavy atom. The third-order valence-corrected chi connectivity index (χ3v) is 8.94. The fraction of sp³-hybridized carbons (Fsp3) is 0.607. The van der Waals surface area contributed by atoms with Crippen LogP contribution in [0.2, 0.25) is 0 Å². The molecule has 1 aromatic heterocycles. The second kappa shape index (κ2) is 12.5. The van der Waals surface area contributed by atoms with Crippen LogP contribution in [0.25, 0.3) is 0 Å². The first kappa shape index (κ1) is 26.3. The quantitative estimate of drug-likeness (QED) is 0.408. The number of likely N-dealkylation sites (tertiary alicyclic amines) is 1. The van der Waals surface area contributed by atoms with Gasteiger partial charge < -0.3 is 20.9 Å². The average molecular weight is 524 g/mol. The van der Waals surface area contributed by atoms with Crippen molar-refractivity contribution in [1.29, 1.82) is 0 Å². The lowest BCUT2D eigenvalue weighted by Crippen LogP contribution is -2.44. The summed E-state index contributed by atoms with van der Waals surface area (Å²) in [5.74, 6) is 2.26. The van der Waals surface area contributed by atoms with Gasteiger partial charge in [-0.2, -0.15) is 0 Å². The Balaban J connectivity index is 1.24. The minimum absolute atomic E-state index is 0.167. The van der Waals surface area contributed by atoms with E-state index in [4.69, 9.17) is 10.7 Å². The number of nitrogens with zero attached hydrogens (tertiary/aromatic N) is 4. The van der Waals surface area contributed by atoms with Crippen molar-refractivity contribution in [1.82, 2.24) is 19.6 Å². The molecule has 0 spiro atoms. The van der Waals surface area contributed by atoms with Crippen LogP contribution in [-0.2, 0) is 0 Å². The normalized spacial score (nSPS) is 21.9. The zero-order chi connectivity index (χ0) is 25.6. The predicted octanol–water partition coefficient (Wildman–Crippen LogP) is 4.67. The first-order chi connectivity index (χ1) is 18.1. The number of hydrogen-bond acceptors (Lipinski definition) is 8. The van der Waals surface area contributed by atoms with E-state index in [2.05, 4.69) is 56.0 Å². The summed E-state index contributed by atoms with van der Waals surface area (Å²) in [7, 11) is 0. The van der Waals surface area contributed by atoms with Crippen LogP contribution in [-0.4, -0.2) is 64.8 Å². The lowest BCUT2D eigenvalue weighted by molar-refractivity contribution is 0.0996. The molecule has 2 aliphatic heterocycles. The third kappa shape index (κ3) is 6.56. The van der Waals surface area contributed by atoms with E-state index in [0.29, 0.717) is 17.8 Å². The number of aromatic nitrogens is 2. The van der Waals surface area contributed by atoms with Crippen molar-refractivity contribution >= 4 is 35.2 Å². The number of amides is 1. The van der Waals surface area contributed by atoms with Gasteiger partial charge in [0.25, 0.3) is 5.91 Å². The fourth-order valence-electron chi connectivity index (χ4n) is 6.12. The maximum absolute atomic E-state index is 12.1. The SMILES string of the molecule is CCSNC1CCCN(c2cnc(C(N)=O)c(Nc3ccc(C4CCN(C5CCCC5)CC4)cc3)n2)C1. The first-order valence-corrected chi connectivity index (χ1v) is 15.0. The molecule has 3 heterocycles. The van der Waals surface area contributed by atoms with E-state index < -0.39 is 5.91 Å². The molecule has 5 rings (SSSR count). The highest BCUT2D eigenvalue weighted by Crippen LogP contribution is 2.33. The van der Waals surface area contributed by atoms with Crippen LogP contribution in [0.3, 0.4) is 0 Å². The summed E-state index contributed by atoms with van der Waals surface area (Å²) in [4.78, 5) is 26.3. The zero-order valence-corrected chi connectivity index (χ0v) is 22.8. The fourth-order valence-corrected chi connectivity index (χ4v) is 6.72. The summed E-state index contributed by atoms with van der Waals surface area (Å²) in [5.41, 5.74) is 8.09. The molecule has 200 valence electrons. The summed E-state index contributed by atoms with van der Waals surface area (Å²) in [5, 5.41) is 3.32. The second-order valence-corrected chi connectivity index (χ2v) is 11.7. The van der Waals surface area contributed by atoms with Crippen molar-refractivity contribution < 1.29 is 4.79 Å². The number of carbonyl (C=O) groups is 1. The molecule has 9 heteroatoms. The molecule has 0 bridgehead atoms. The highest BCUT2D eigenvalue weighted by Gasteiger charge is 2.28. The summed E-state index contributed by atoms with van der Waals surface area (Å²) < 4.78 is 3.54. The molecule has 1 saturated carbocycles.